The van der Waals surface area contributed by atoms with E-state index in [4.69, 9.17) is 5.73 Å². The van der Waals surface area contributed by atoms with Gasteiger partial charge in [0, 0.05) is 5.56 Å². The van der Waals surface area contributed by atoms with Crippen molar-refractivity contribution in [2.45, 2.75) is 6.18 Å². The van der Waals surface area contributed by atoms with Crippen LogP contribution >= 0.6 is 0 Å². The lowest BCUT2D eigenvalue weighted by molar-refractivity contribution is -0.137. The molecule has 30 heavy (non-hydrogen) atoms. The Bertz CT molecular complexity index is 1320. The number of hydrogen-bond donors (Lipinski definition) is 2. The zero-order chi connectivity index (χ0) is 21.5. The van der Waals surface area contributed by atoms with Crippen LogP contribution in [-0.4, -0.2) is 15.9 Å². The van der Waals surface area contributed by atoms with E-state index in [1.807, 2.05) is 0 Å². The molecule has 0 saturated carbocycles. The van der Waals surface area contributed by atoms with Crippen molar-refractivity contribution >= 4 is 16.8 Å². The summed E-state index contributed by atoms with van der Waals surface area (Å²) < 4.78 is 41.5. The summed E-state index contributed by atoms with van der Waals surface area (Å²) in [6.45, 7) is 0. The average molecular weight is 409 g/mol. The maximum atomic E-state index is 13.8. The van der Waals surface area contributed by atoms with Crippen LogP contribution < -0.4 is 11.3 Å². The minimum Gasteiger partial charge on any atom is -0.366 e. The van der Waals surface area contributed by atoms with Gasteiger partial charge in [0.1, 0.15) is 5.82 Å². The molecule has 3 aromatic carbocycles. The molecule has 0 unspecified atom stereocenters. The Morgan fingerprint density at radius 2 is 1.50 bits per heavy atom. The fraction of sp³-hybridized carbons (Fsp3) is 0.0455. The van der Waals surface area contributed by atoms with Crippen LogP contribution in [0.2, 0.25) is 0 Å². The summed E-state index contributed by atoms with van der Waals surface area (Å²) in [7, 11) is 0. The lowest BCUT2D eigenvalue weighted by Gasteiger charge is -2.17. The van der Waals surface area contributed by atoms with Gasteiger partial charge in [-0.15, -0.1) is 0 Å². The molecule has 0 atom stereocenters. The predicted octanol–water partition coefficient (Wildman–Crippen LogP) is 4.37. The number of hydrogen-bond acceptors (Lipinski definition) is 3. The smallest absolute Gasteiger partial charge is 0.366 e. The molecule has 0 aliphatic rings. The first kappa shape index (κ1) is 19.4. The fourth-order valence-electron chi connectivity index (χ4n) is 3.37. The maximum absolute atomic E-state index is 13.8. The Morgan fingerprint density at radius 1 is 0.933 bits per heavy atom. The summed E-state index contributed by atoms with van der Waals surface area (Å²) in [5.74, 6) is -1.28. The first-order valence-corrected chi connectivity index (χ1v) is 8.86. The van der Waals surface area contributed by atoms with E-state index in [1.54, 1.807) is 60.7 Å². The normalized spacial score (nSPS) is 11.6. The van der Waals surface area contributed by atoms with E-state index in [0.29, 0.717) is 11.1 Å². The molecule has 4 aromatic rings. The van der Waals surface area contributed by atoms with E-state index >= 15 is 0 Å². The van der Waals surface area contributed by atoms with Gasteiger partial charge >= 0.3 is 6.18 Å². The van der Waals surface area contributed by atoms with Gasteiger partial charge in [-0.05, 0) is 17.2 Å². The Hall–Kier alpha value is -3.94. The molecule has 0 fully saturated rings. The highest BCUT2D eigenvalue weighted by molar-refractivity contribution is 6.10. The van der Waals surface area contributed by atoms with Gasteiger partial charge in [0.05, 0.1) is 22.0 Å². The Morgan fingerprint density at radius 3 is 2.03 bits per heavy atom. The molecule has 5 nitrogen and oxygen atoms in total. The van der Waals surface area contributed by atoms with Crippen LogP contribution in [0.15, 0.2) is 71.5 Å². The van der Waals surface area contributed by atoms with Crippen molar-refractivity contribution in [3.63, 3.8) is 0 Å². The summed E-state index contributed by atoms with van der Waals surface area (Å²) in [6, 6.07) is 17.3. The topological polar surface area (TPSA) is 88.8 Å². The number of carbonyl (C=O) groups excluding carboxylic acids is 1. The Kier molecular flexibility index (Phi) is 4.62. The molecule has 0 aliphatic heterocycles. The van der Waals surface area contributed by atoms with E-state index in [9.17, 15) is 22.8 Å². The van der Waals surface area contributed by atoms with E-state index in [1.165, 1.54) is 0 Å². The molecule has 3 N–H and O–H groups in total. The average Bonchev–Trinajstić information content (AvgIpc) is 2.72. The predicted molar refractivity (Wildman–Crippen MR) is 107 cm³/mol. The second-order valence-electron chi connectivity index (χ2n) is 6.58. The standard InChI is InChI=1S/C22H14F3N3O2/c23-22(24,25)15-11-14(12-7-3-1-4-8-12)16-18(17(15)19(26)29)27-20(28-21(16)30)13-9-5-2-6-10-13/h1-11H,(H2,26,29)(H,27,28,30). The van der Waals surface area contributed by atoms with Crippen LogP contribution in [0, 0.1) is 0 Å². The Balaban J connectivity index is 2.20. The van der Waals surface area contributed by atoms with Crippen LogP contribution in [0.4, 0.5) is 13.2 Å². The van der Waals surface area contributed by atoms with Gasteiger partial charge in [-0.25, -0.2) is 4.98 Å². The van der Waals surface area contributed by atoms with Crippen molar-refractivity contribution in [2.24, 2.45) is 5.73 Å². The van der Waals surface area contributed by atoms with E-state index in [-0.39, 0.29) is 16.8 Å². The number of nitrogens with two attached hydrogens (primary N) is 1. The molecule has 1 heterocycles. The summed E-state index contributed by atoms with van der Waals surface area (Å²) >= 11 is 0. The minimum atomic E-state index is -4.88. The lowest BCUT2D eigenvalue weighted by Crippen LogP contribution is -2.22. The number of amides is 1. The number of nitrogens with zero attached hydrogens (tertiary/aromatic N) is 1. The number of H-pyrrole nitrogens is 1. The molecule has 1 aromatic heterocycles. The van der Waals surface area contributed by atoms with Crippen molar-refractivity contribution in [1.82, 2.24) is 9.97 Å². The molecule has 8 heteroatoms. The first-order chi connectivity index (χ1) is 14.3. The third kappa shape index (κ3) is 3.32. The first-order valence-electron chi connectivity index (χ1n) is 8.86. The summed E-state index contributed by atoms with van der Waals surface area (Å²) in [5, 5.41) is -0.136. The van der Waals surface area contributed by atoms with Gasteiger partial charge < -0.3 is 10.7 Å². The molecule has 0 spiro atoms. The number of aromatic nitrogens is 2. The van der Waals surface area contributed by atoms with E-state index in [0.717, 1.165) is 6.07 Å². The van der Waals surface area contributed by atoms with Crippen LogP contribution in [0.1, 0.15) is 15.9 Å². The number of rotatable bonds is 3. The highest BCUT2D eigenvalue weighted by Gasteiger charge is 2.38. The fourth-order valence-corrected chi connectivity index (χ4v) is 3.37. The van der Waals surface area contributed by atoms with Gasteiger partial charge in [0.2, 0.25) is 0 Å². The largest absolute Gasteiger partial charge is 0.417 e. The maximum Gasteiger partial charge on any atom is 0.417 e. The van der Waals surface area contributed by atoms with Crippen molar-refractivity contribution in [1.29, 1.82) is 0 Å². The number of primary amides is 1. The van der Waals surface area contributed by atoms with E-state index < -0.39 is 34.3 Å². The van der Waals surface area contributed by atoms with Gasteiger partial charge in [0.25, 0.3) is 11.5 Å². The van der Waals surface area contributed by atoms with Gasteiger partial charge in [-0.3, -0.25) is 9.59 Å². The highest BCUT2D eigenvalue weighted by Crippen LogP contribution is 2.39. The number of carbonyl (C=O) groups is 1. The van der Waals surface area contributed by atoms with Crippen molar-refractivity contribution in [2.75, 3.05) is 0 Å². The number of halogens is 3. The van der Waals surface area contributed by atoms with E-state index in [2.05, 4.69) is 9.97 Å². The molecule has 1 amide bonds. The van der Waals surface area contributed by atoms with Crippen molar-refractivity contribution in [3.05, 3.63) is 88.2 Å². The number of alkyl halides is 3. The number of benzene rings is 3. The summed E-state index contributed by atoms with van der Waals surface area (Å²) in [6.07, 6.45) is -4.88. The molecule has 150 valence electrons. The van der Waals surface area contributed by atoms with Crippen LogP contribution in [0.25, 0.3) is 33.4 Å². The quantitative estimate of drug-likeness (QED) is 0.526. The third-order valence-corrected chi connectivity index (χ3v) is 4.67. The van der Waals surface area contributed by atoms with Gasteiger partial charge in [-0.1, -0.05) is 60.7 Å². The van der Waals surface area contributed by atoms with Crippen LogP contribution in [-0.2, 0) is 6.18 Å². The summed E-state index contributed by atoms with van der Waals surface area (Å²) in [4.78, 5) is 31.9. The molecule has 4 rings (SSSR count). The van der Waals surface area contributed by atoms with Crippen molar-refractivity contribution in [3.8, 4) is 22.5 Å². The molecule has 0 radical (unpaired) electrons. The number of aromatic amines is 1. The second kappa shape index (κ2) is 7.14. The monoisotopic (exact) mass is 409 g/mol. The second-order valence-corrected chi connectivity index (χ2v) is 6.58. The van der Waals surface area contributed by atoms with Crippen LogP contribution in [0.3, 0.4) is 0 Å². The molecule has 0 aliphatic carbocycles. The third-order valence-electron chi connectivity index (χ3n) is 4.67. The number of nitrogens with one attached hydrogen (secondary N) is 1. The minimum absolute atomic E-state index is 0.0105. The molecular formula is C22H14F3N3O2. The highest BCUT2D eigenvalue weighted by atomic mass is 19.4. The van der Waals surface area contributed by atoms with Crippen LogP contribution in [0.5, 0.6) is 0 Å². The van der Waals surface area contributed by atoms with Gasteiger partial charge in [-0.2, -0.15) is 13.2 Å². The SMILES string of the molecule is NC(=O)c1c(C(F)(F)F)cc(-c2ccccc2)c2c(=O)[nH]c(-c3ccccc3)nc12. The summed E-state index contributed by atoms with van der Waals surface area (Å²) in [5.41, 5.74) is 3.05. The van der Waals surface area contributed by atoms with Crippen molar-refractivity contribution < 1.29 is 18.0 Å². The number of fused-ring (bicyclic) bond motifs is 1. The molecule has 0 bridgehead atoms. The lowest BCUT2D eigenvalue weighted by atomic mass is 9.93. The molecule has 0 saturated heterocycles. The van der Waals surface area contributed by atoms with Gasteiger partial charge in [0.15, 0.2) is 0 Å². The molecular weight excluding hydrogens is 395 g/mol. The zero-order valence-electron chi connectivity index (χ0n) is 15.3. The Labute approximate surface area is 168 Å². The zero-order valence-corrected chi connectivity index (χ0v) is 15.3.